The van der Waals surface area contributed by atoms with Gasteiger partial charge in [0.05, 0.1) is 6.61 Å². The summed E-state index contributed by atoms with van der Waals surface area (Å²) in [6.45, 7) is 7.02. The van der Waals surface area contributed by atoms with Crippen molar-refractivity contribution in [2.45, 2.75) is 110 Å². The predicted molar refractivity (Wildman–Crippen MR) is 116 cm³/mol. The number of benzene rings is 1. The fraction of sp³-hybridized carbons (Fsp3) is 0.720. The van der Waals surface area contributed by atoms with E-state index in [0.717, 1.165) is 17.9 Å². The SMILES string of the molecule is [CH2]c1ccc(OCCCCCCCCCCCCCCCCCC)cc1. The second-order valence-electron chi connectivity index (χ2n) is 7.80. The van der Waals surface area contributed by atoms with Crippen molar-refractivity contribution in [3.8, 4) is 5.75 Å². The van der Waals surface area contributed by atoms with Gasteiger partial charge >= 0.3 is 0 Å². The Labute approximate surface area is 163 Å². The van der Waals surface area contributed by atoms with E-state index in [1.54, 1.807) is 0 Å². The zero-order valence-electron chi connectivity index (χ0n) is 17.4. The maximum absolute atomic E-state index is 5.75. The van der Waals surface area contributed by atoms with Crippen LogP contribution in [-0.2, 0) is 0 Å². The van der Waals surface area contributed by atoms with Crippen molar-refractivity contribution in [3.05, 3.63) is 36.8 Å². The fourth-order valence-electron chi connectivity index (χ4n) is 3.43. The number of ether oxygens (including phenoxy) is 1. The summed E-state index contributed by atoms with van der Waals surface area (Å²) < 4.78 is 5.75. The molecule has 0 bridgehead atoms. The van der Waals surface area contributed by atoms with Gasteiger partial charge in [0, 0.05) is 0 Å². The van der Waals surface area contributed by atoms with Crippen LogP contribution < -0.4 is 4.74 Å². The van der Waals surface area contributed by atoms with Gasteiger partial charge in [0.1, 0.15) is 5.75 Å². The number of rotatable bonds is 18. The molecule has 26 heavy (non-hydrogen) atoms. The first kappa shape index (κ1) is 23.1. The van der Waals surface area contributed by atoms with Crippen LogP contribution in [-0.4, -0.2) is 6.61 Å². The van der Waals surface area contributed by atoms with Gasteiger partial charge in [-0.15, -0.1) is 0 Å². The first-order valence-corrected chi connectivity index (χ1v) is 11.4. The zero-order chi connectivity index (χ0) is 18.7. The van der Waals surface area contributed by atoms with Crippen molar-refractivity contribution in [3.63, 3.8) is 0 Å². The lowest BCUT2D eigenvalue weighted by Crippen LogP contribution is -1.97. The highest BCUT2D eigenvalue weighted by Gasteiger charge is 1.96. The van der Waals surface area contributed by atoms with Crippen LogP contribution in [0.4, 0.5) is 0 Å². The van der Waals surface area contributed by atoms with Crippen LogP contribution >= 0.6 is 0 Å². The van der Waals surface area contributed by atoms with E-state index in [2.05, 4.69) is 13.8 Å². The summed E-state index contributed by atoms with van der Waals surface area (Å²) in [5.74, 6) is 0.971. The quantitative estimate of drug-likeness (QED) is 0.239. The van der Waals surface area contributed by atoms with Crippen LogP contribution in [0.3, 0.4) is 0 Å². The van der Waals surface area contributed by atoms with Gasteiger partial charge in [-0.25, -0.2) is 0 Å². The molecule has 1 heteroatoms. The molecule has 1 nitrogen and oxygen atoms in total. The van der Waals surface area contributed by atoms with E-state index in [-0.39, 0.29) is 0 Å². The minimum absolute atomic E-state index is 0.842. The number of hydrogen-bond acceptors (Lipinski definition) is 1. The van der Waals surface area contributed by atoms with Gasteiger partial charge < -0.3 is 4.74 Å². The van der Waals surface area contributed by atoms with E-state index >= 15 is 0 Å². The summed E-state index contributed by atoms with van der Waals surface area (Å²) in [4.78, 5) is 0. The van der Waals surface area contributed by atoms with Gasteiger partial charge in [-0.2, -0.15) is 0 Å². The largest absolute Gasteiger partial charge is 0.494 e. The molecule has 0 saturated heterocycles. The zero-order valence-corrected chi connectivity index (χ0v) is 17.4. The Morgan fingerprint density at radius 2 is 0.962 bits per heavy atom. The molecule has 0 heterocycles. The molecule has 1 aromatic rings. The molecule has 0 aliphatic carbocycles. The maximum Gasteiger partial charge on any atom is 0.119 e. The smallest absolute Gasteiger partial charge is 0.119 e. The van der Waals surface area contributed by atoms with Crippen LogP contribution in [0.25, 0.3) is 0 Å². The Morgan fingerprint density at radius 3 is 1.38 bits per heavy atom. The second kappa shape index (κ2) is 17.4. The predicted octanol–water partition coefficient (Wildman–Crippen LogP) is 8.51. The average molecular weight is 360 g/mol. The molecule has 0 spiro atoms. The molecule has 0 aliphatic rings. The summed E-state index contributed by atoms with van der Waals surface area (Å²) in [5, 5.41) is 0. The van der Waals surface area contributed by atoms with Crippen molar-refractivity contribution in [2.24, 2.45) is 0 Å². The fourth-order valence-corrected chi connectivity index (χ4v) is 3.43. The van der Waals surface area contributed by atoms with Crippen molar-refractivity contribution >= 4 is 0 Å². The Hall–Kier alpha value is -0.980. The summed E-state index contributed by atoms with van der Waals surface area (Å²) in [7, 11) is 0. The molecule has 0 amide bonds. The van der Waals surface area contributed by atoms with Crippen LogP contribution in [0, 0.1) is 6.92 Å². The molecule has 1 aromatic carbocycles. The van der Waals surface area contributed by atoms with Gasteiger partial charge in [-0.1, -0.05) is 115 Å². The minimum atomic E-state index is 0.842. The molecule has 1 radical (unpaired) electrons. The Bertz CT molecular complexity index is 395. The van der Waals surface area contributed by atoms with E-state index in [0.29, 0.717) is 0 Å². The van der Waals surface area contributed by atoms with Crippen molar-refractivity contribution < 1.29 is 4.74 Å². The molecular weight excluding hydrogens is 316 g/mol. The molecule has 0 atom stereocenters. The Balaban J connectivity index is 1.72. The summed E-state index contributed by atoms with van der Waals surface area (Å²) in [5.41, 5.74) is 1.04. The summed E-state index contributed by atoms with van der Waals surface area (Å²) in [6.07, 6.45) is 22.5. The number of unbranched alkanes of at least 4 members (excludes halogenated alkanes) is 15. The van der Waals surface area contributed by atoms with Crippen molar-refractivity contribution in [1.82, 2.24) is 0 Å². The van der Waals surface area contributed by atoms with Crippen LogP contribution in [0.5, 0.6) is 5.75 Å². The van der Waals surface area contributed by atoms with E-state index in [4.69, 9.17) is 4.74 Å². The molecule has 0 unspecified atom stereocenters. The molecular formula is C25H43O. The lowest BCUT2D eigenvalue weighted by molar-refractivity contribution is 0.304. The second-order valence-corrected chi connectivity index (χ2v) is 7.80. The van der Waals surface area contributed by atoms with E-state index < -0.39 is 0 Å². The van der Waals surface area contributed by atoms with Gasteiger partial charge in [0.25, 0.3) is 0 Å². The molecule has 0 N–H and O–H groups in total. The van der Waals surface area contributed by atoms with Gasteiger partial charge in [-0.05, 0) is 31.0 Å². The molecule has 1 rings (SSSR count). The Kier molecular flexibility index (Phi) is 15.5. The summed E-state index contributed by atoms with van der Waals surface area (Å²) in [6, 6.07) is 8.02. The topological polar surface area (TPSA) is 9.23 Å². The molecule has 0 saturated carbocycles. The van der Waals surface area contributed by atoms with Crippen LogP contribution in [0.1, 0.15) is 115 Å². The highest BCUT2D eigenvalue weighted by Crippen LogP contribution is 2.15. The van der Waals surface area contributed by atoms with Crippen LogP contribution in [0.15, 0.2) is 24.3 Å². The molecule has 0 aliphatic heterocycles. The lowest BCUT2D eigenvalue weighted by Gasteiger charge is -2.06. The third-order valence-electron chi connectivity index (χ3n) is 5.19. The average Bonchev–Trinajstić information content (AvgIpc) is 2.66. The standard InChI is InChI=1S/C25H43O/c1-3-4-5-6-7-8-9-10-11-12-13-14-15-16-17-18-23-26-25-21-19-24(2)20-22-25/h19-22H,2-18,23H2,1H3. The molecule has 0 fully saturated rings. The summed E-state index contributed by atoms with van der Waals surface area (Å²) >= 11 is 0. The van der Waals surface area contributed by atoms with Crippen LogP contribution in [0.2, 0.25) is 0 Å². The normalized spacial score (nSPS) is 11.0. The molecule has 0 aromatic heterocycles. The van der Waals surface area contributed by atoms with Gasteiger partial charge in [-0.3, -0.25) is 0 Å². The highest BCUT2D eigenvalue weighted by atomic mass is 16.5. The number of hydrogen-bond donors (Lipinski definition) is 0. The first-order valence-electron chi connectivity index (χ1n) is 11.4. The Morgan fingerprint density at radius 1 is 0.577 bits per heavy atom. The van der Waals surface area contributed by atoms with E-state index in [1.165, 1.54) is 103 Å². The first-order chi connectivity index (χ1) is 12.8. The van der Waals surface area contributed by atoms with Crippen molar-refractivity contribution in [2.75, 3.05) is 6.61 Å². The van der Waals surface area contributed by atoms with Gasteiger partial charge in [0.15, 0.2) is 0 Å². The van der Waals surface area contributed by atoms with Crippen molar-refractivity contribution in [1.29, 1.82) is 0 Å². The van der Waals surface area contributed by atoms with Gasteiger partial charge in [0.2, 0.25) is 0 Å². The third-order valence-corrected chi connectivity index (χ3v) is 5.19. The monoisotopic (exact) mass is 359 g/mol. The molecule has 149 valence electrons. The maximum atomic E-state index is 5.75. The lowest BCUT2D eigenvalue weighted by atomic mass is 10.0. The highest BCUT2D eigenvalue weighted by molar-refractivity contribution is 5.28. The van der Waals surface area contributed by atoms with E-state index in [1.807, 2.05) is 24.3 Å². The van der Waals surface area contributed by atoms with E-state index in [9.17, 15) is 0 Å². The third kappa shape index (κ3) is 14.2. The minimum Gasteiger partial charge on any atom is -0.494 e.